The van der Waals surface area contributed by atoms with Crippen LogP contribution in [0.5, 0.6) is 0 Å². The Morgan fingerprint density at radius 3 is 2.86 bits per heavy atom. The molecule has 0 bridgehead atoms. The van der Waals surface area contributed by atoms with E-state index < -0.39 is 0 Å². The molecule has 0 saturated carbocycles. The van der Waals surface area contributed by atoms with Crippen LogP contribution in [0.2, 0.25) is 0 Å². The van der Waals surface area contributed by atoms with Crippen molar-refractivity contribution in [2.75, 3.05) is 20.6 Å². The van der Waals surface area contributed by atoms with Crippen molar-refractivity contribution < 1.29 is 9.21 Å². The molecule has 0 aliphatic heterocycles. The lowest BCUT2D eigenvalue weighted by Crippen LogP contribution is -2.34. The van der Waals surface area contributed by atoms with Crippen molar-refractivity contribution in [3.05, 3.63) is 54.2 Å². The van der Waals surface area contributed by atoms with Gasteiger partial charge in [-0.25, -0.2) is 0 Å². The molecule has 5 heteroatoms. The van der Waals surface area contributed by atoms with Gasteiger partial charge in [0.25, 0.3) is 0 Å². The van der Waals surface area contributed by atoms with E-state index in [1.807, 2.05) is 43.3 Å². The van der Waals surface area contributed by atoms with E-state index >= 15 is 0 Å². The van der Waals surface area contributed by atoms with Crippen molar-refractivity contribution in [1.29, 1.82) is 0 Å². The van der Waals surface area contributed by atoms with Gasteiger partial charge in [0, 0.05) is 25.4 Å². The number of rotatable bonds is 7. The first-order valence-electron chi connectivity index (χ1n) is 7.02. The molecule has 2 rings (SSSR count). The number of hydrogen-bond acceptors (Lipinski definition) is 4. The zero-order valence-electron chi connectivity index (χ0n) is 12.5. The summed E-state index contributed by atoms with van der Waals surface area (Å²) in [6.07, 6.45) is 6.33. The van der Waals surface area contributed by atoms with Crippen LogP contribution in [-0.4, -0.2) is 36.4 Å². The number of hydrogen-bond donors (Lipinski definition) is 1. The fourth-order valence-corrected chi connectivity index (χ4v) is 2.12. The number of carbonyl (C=O) groups is 1. The summed E-state index contributed by atoms with van der Waals surface area (Å²) in [6.45, 7) is 0.534. The summed E-state index contributed by atoms with van der Waals surface area (Å²) in [5.41, 5.74) is 1.07. The third-order valence-corrected chi connectivity index (χ3v) is 3.35. The van der Waals surface area contributed by atoms with E-state index in [-0.39, 0.29) is 11.9 Å². The van der Waals surface area contributed by atoms with Crippen LogP contribution in [0.1, 0.15) is 23.8 Å². The molecule has 1 atom stereocenters. The highest BCUT2D eigenvalue weighted by molar-refractivity contribution is 5.76. The maximum atomic E-state index is 11.9. The van der Waals surface area contributed by atoms with Gasteiger partial charge >= 0.3 is 0 Å². The van der Waals surface area contributed by atoms with E-state index in [0.29, 0.717) is 19.4 Å². The average molecular weight is 287 g/mol. The number of likely N-dealkylation sites (N-methyl/N-ethyl adjacent to an activating group) is 1. The molecule has 5 nitrogen and oxygen atoms in total. The molecule has 0 aliphatic rings. The molecule has 0 fully saturated rings. The van der Waals surface area contributed by atoms with Crippen molar-refractivity contribution in [1.82, 2.24) is 15.2 Å². The predicted octanol–water partition coefficient (Wildman–Crippen LogP) is 2.03. The Hall–Kier alpha value is -2.14. The number of nitrogens with zero attached hydrogens (tertiary/aromatic N) is 2. The SMILES string of the molecule is CN(C)C(CNC(=O)CCc1cccnc1)c1ccco1. The molecule has 0 spiro atoms. The van der Waals surface area contributed by atoms with E-state index in [0.717, 1.165) is 11.3 Å². The van der Waals surface area contributed by atoms with Gasteiger partial charge in [-0.1, -0.05) is 6.07 Å². The van der Waals surface area contributed by atoms with Gasteiger partial charge in [-0.2, -0.15) is 0 Å². The van der Waals surface area contributed by atoms with Gasteiger partial charge < -0.3 is 9.73 Å². The van der Waals surface area contributed by atoms with Crippen molar-refractivity contribution >= 4 is 5.91 Å². The van der Waals surface area contributed by atoms with Crippen LogP contribution in [0, 0.1) is 0 Å². The summed E-state index contributed by atoms with van der Waals surface area (Å²) < 4.78 is 5.42. The highest BCUT2D eigenvalue weighted by Gasteiger charge is 2.17. The quantitative estimate of drug-likeness (QED) is 0.846. The Bertz CT molecular complexity index is 538. The summed E-state index contributed by atoms with van der Waals surface area (Å²) in [7, 11) is 3.93. The molecular weight excluding hydrogens is 266 g/mol. The molecule has 0 saturated heterocycles. The molecule has 1 N–H and O–H groups in total. The minimum atomic E-state index is 0.0391. The van der Waals surface area contributed by atoms with Gasteiger partial charge in [0.15, 0.2) is 0 Å². The largest absolute Gasteiger partial charge is 0.468 e. The standard InChI is InChI=1S/C16H21N3O2/c1-19(2)14(15-6-4-10-21-15)12-18-16(20)8-7-13-5-3-9-17-11-13/h3-6,9-11,14H,7-8,12H2,1-2H3,(H,18,20). The summed E-state index contributed by atoms with van der Waals surface area (Å²) >= 11 is 0. The Kier molecular flexibility index (Phi) is 5.51. The monoisotopic (exact) mass is 287 g/mol. The van der Waals surface area contributed by atoms with Crippen molar-refractivity contribution in [2.24, 2.45) is 0 Å². The van der Waals surface area contributed by atoms with Gasteiger partial charge in [0.05, 0.1) is 12.3 Å². The number of aryl methyl sites for hydroxylation is 1. The smallest absolute Gasteiger partial charge is 0.220 e. The first-order chi connectivity index (χ1) is 10.2. The van der Waals surface area contributed by atoms with Crippen molar-refractivity contribution in [3.63, 3.8) is 0 Å². The lowest BCUT2D eigenvalue weighted by molar-refractivity contribution is -0.121. The minimum Gasteiger partial charge on any atom is -0.468 e. The van der Waals surface area contributed by atoms with Gasteiger partial charge in [0.1, 0.15) is 5.76 Å². The molecule has 0 aliphatic carbocycles. The van der Waals surface area contributed by atoms with Crippen LogP contribution in [0.25, 0.3) is 0 Å². The maximum Gasteiger partial charge on any atom is 0.220 e. The van der Waals surface area contributed by atoms with E-state index in [4.69, 9.17) is 4.42 Å². The van der Waals surface area contributed by atoms with E-state index in [1.54, 1.807) is 18.7 Å². The molecule has 21 heavy (non-hydrogen) atoms. The molecule has 2 aromatic heterocycles. The number of pyridine rings is 1. The van der Waals surface area contributed by atoms with Gasteiger partial charge in [-0.05, 0) is 44.3 Å². The lowest BCUT2D eigenvalue weighted by Gasteiger charge is -2.22. The molecule has 2 heterocycles. The van der Waals surface area contributed by atoms with Crippen LogP contribution >= 0.6 is 0 Å². The molecule has 1 unspecified atom stereocenters. The molecule has 0 radical (unpaired) electrons. The number of furan rings is 1. The van der Waals surface area contributed by atoms with Gasteiger partial charge in [-0.3, -0.25) is 14.7 Å². The van der Waals surface area contributed by atoms with E-state index in [9.17, 15) is 4.79 Å². The normalized spacial score (nSPS) is 12.3. The van der Waals surface area contributed by atoms with E-state index in [2.05, 4.69) is 10.3 Å². The average Bonchev–Trinajstić information content (AvgIpc) is 3.00. The first kappa shape index (κ1) is 15.3. The third kappa shape index (κ3) is 4.72. The summed E-state index contributed by atoms with van der Waals surface area (Å²) in [6, 6.07) is 7.68. The lowest BCUT2D eigenvalue weighted by atomic mass is 10.1. The molecule has 112 valence electrons. The van der Waals surface area contributed by atoms with Crippen molar-refractivity contribution in [2.45, 2.75) is 18.9 Å². The predicted molar refractivity (Wildman–Crippen MR) is 80.7 cm³/mol. The fraction of sp³-hybridized carbons (Fsp3) is 0.375. The van der Waals surface area contributed by atoms with Crippen LogP contribution in [0.15, 0.2) is 47.3 Å². The topological polar surface area (TPSA) is 58.4 Å². The van der Waals surface area contributed by atoms with Crippen LogP contribution in [0.4, 0.5) is 0 Å². The number of nitrogens with one attached hydrogen (secondary N) is 1. The van der Waals surface area contributed by atoms with Crippen LogP contribution in [0.3, 0.4) is 0 Å². The van der Waals surface area contributed by atoms with Crippen molar-refractivity contribution in [3.8, 4) is 0 Å². The number of amides is 1. The Balaban J connectivity index is 1.80. The molecular formula is C16H21N3O2. The Morgan fingerprint density at radius 2 is 2.24 bits per heavy atom. The Morgan fingerprint density at radius 1 is 1.38 bits per heavy atom. The van der Waals surface area contributed by atoms with Crippen LogP contribution < -0.4 is 5.32 Å². The maximum absolute atomic E-state index is 11.9. The first-order valence-corrected chi connectivity index (χ1v) is 7.02. The van der Waals surface area contributed by atoms with Crippen LogP contribution in [-0.2, 0) is 11.2 Å². The summed E-state index contributed by atoms with van der Waals surface area (Å²) in [5, 5.41) is 2.96. The van der Waals surface area contributed by atoms with Gasteiger partial charge in [-0.15, -0.1) is 0 Å². The molecule has 0 aromatic carbocycles. The van der Waals surface area contributed by atoms with Gasteiger partial charge in [0.2, 0.25) is 5.91 Å². The summed E-state index contributed by atoms with van der Waals surface area (Å²) in [5.74, 6) is 0.893. The second kappa shape index (κ2) is 7.59. The third-order valence-electron chi connectivity index (χ3n) is 3.35. The number of carbonyl (C=O) groups excluding carboxylic acids is 1. The summed E-state index contributed by atoms with van der Waals surface area (Å²) in [4.78, 5) is 18.0. The zero-order chi connectivity index (χ0) is 15.1. The van der Waals surface area contributed by atoms with E-state index in [1.165, 1.54) is 0 Å². The molecule has 1 amide bonds. The zero-order valence-corrected chi connectivity index (χ0v) is 12.5. The second-order valence-electron chi connectivity index (χ2n) is 5.16. The number of aromatic nitrogens is 1. The minimum absolute atomic E-state index is 0.0391. The Labute approximate surface area is 125 Å². The highest BCUT2D eigenvalue weighted by Crippen LogP contribution is 2.17. The highest BCUT2D eigenvalue weighted by atomic mass is 16.3. The fourth-order valence-electron chi connectivity index (χ4n) is 2.12. The molecule has 2 aromatic rings. The second-order valence-corrected chi connectivity index (χ2v) is 5.16.